The summed E-state index contributed by atoms with van der Waals surface area (Å²) >= 11 is 3.81. The highest BCUT2D eigenvalue weighted by molar-refractivity contribution is 7.99. The van der Waals surface area contributed by atoms with Crippen molar-refractivity contribution >= 4 is 28.2 Å². The second kappa shape index (κ2) is 6.07. The van der Waals surface area contributed by atoms with Crippen molar-refractivity contribution in [2.75, 3.05) is 23.5 Å². The van der Waals surface area contributed by atoms with Crippen LogP contribution >= 0.6 is 23.1 Å². The van der Waals surface area contributed by atoms with Crippen LogP contribution in [0, 0.1) is 0 Å². The van der Waals surface area contributed by atoms with Gasteiger partial charge in [0, 0.05) is 36.8 Å². The van der Waals surface area contributed by atoms with E-state index >= 15 is 0 Å². The molecule has 1 saturated heterocycles. The third-order valence-electron chi connectivity index (χ3n) is 2.99. The molecule has 0 saturated carbocycles. The highest BCUT2D eigenvalue weighted by atomic mass is 32.2. The molecule has 0 bridgehead atoms. The molecule has 1 unspecified atom stereocenters. The fraction of sp³-hybridized carbons (Fsp3) is 0.750. The number of hydrogen-bond acceptors (Lipinski definition) is 5. The molecule has 0 amide bonds. The van der Waals surface area contributed by atoms with Gasteiger partial charge in [-0.25, -0.2) is 4.98 Å². The van der Waals surface area contributed by atoms with E-state index in [0.717, 1.165) is 17.4 Å². The predicted molar refractivity (Wildman–Crippen MR) is 78.2 cm³/mol. The average molecular weight is 271 g/mol. The Morgan fingerprint density at radius 3 is 3.06 bits per heavy atom. The van der Waals surface area contributed by atoms with Crippen molar-refractivity contribution in [2.24, 2.45) is 0 Å². The smallest absolute Gasteiger partial charge is 0.185 e. The Bertz CT molecular complexity index is 345. The zero-order chi connectivity index (χ0) is 12.3. The molecular weight excluding hydrogens is 250 g/mol. The molecule has 3 nitrogen and oxygen atoms in total. The summed E-state index contributed by atoms with van der Waals surface area (Å²) in [6.07, 6.45) is 1.29. The molecule has 1 N–H and O–H groups in total. The molecule has 1 aliphatic rings. The molecule has 2 rings (SSSR count). The summed E-state index contributed by atoms with van der Waals surface area (Å²) in [5.41, 5.74) is 1.16. The highest BCUT2D eigenvalue weighted by Gasteiger charge is 2.22. The number of nitrogens with one attached hydrogen (secondary N) is 1. The largest absolute Gasteiger partial charge is 0.347 e. The minimum absolute atomic E-state index is 0.518. The quantitative estimate of drug-likeness (QED) is 0.891. The Morgan fingerprint density at radius 2 is 2.41 bits per heavy atom. The number of aromatic nitrogens is 1. The fourth-order valence-electron chi connectivity index (χ4n) is 1.83. The van der Waals surface area contributed by atoms with Gasteiger partial charge >= 0.3 is 0 Å². The zero-order valence-corrected chi connectivity index (χ0v) is 12.4. The molecule has 0 spiro atoms. The fourth-order valence-corrected chi connectivity index (χ4v) is 3.96. The van der Waals surface area contributed by atoms with E-state index in [2.05, 4.69) is 36.5 Å². The van der Waals surface area contributed by atoms with Gasteiger partial charge in [0.25, 0.3) is 0 Å². The van der Waals surface area contributed by atoms with E-state index in [9.17, 15) is 0 Å². The molecule has 96 valence electrons. The summed E-state index contributed by atoms with van der Waals surface area (Å²) in [6, 6.07) is 1.20. The summed E-state index contributed by atoms with van der Waals surface area (Å²) in [4.78, 5) is 7.05. The van der Waals surface area contributed by atoms with Gasteiger partial charge in [-0.1, -0.05) is 13.8 Å². The molecule has 1 aromatic heterocycles. The van der Waals surface area contributed by atoms with E-state index in [1.807, 2.05) is 11.8 Å². The Morgan fingerprint density at radius 1 is 1.59 bits per heavy atom. The van der Waals surface area contributed by atoms with E-state index in [-0.39, 0.29) is 0 Å². The van der Waals surface area contributed by atoms with Gasteiger partial charge in [0.05, 0.1) is 5.69 Å². The molecule has 1 aromatic rings. The Balaban J connectivity index is 1.92. The monoisotopic (exact) mass is 271 g/mol. The van der Waals surface area contributed by atoms with Gasteiger partial charge < -0.3 is 10.2 Å². The van der Waals surface area contributed by atoms with Crippen molar-refractivity contribution in [3.05, 3.63) is 11.1 Å². The number of rotatable bonds is 5. The van der Waals surface area contributed by atoms with E-state index in [1.165, 1.54) is 17.9 Å². The molecule has 0 radical (unpaired) electrons. The first-order valence-electron chi connectivity index (χ1n) is 6.15. The Hall–Kier alpha value is -0.260. The molecule has 1 aliphatic heterocycles. The van der Waals surface area contributed by atoms with Gasteiger partial charge in [-0.05, 0) is 12.2 Å². The SMILES string of the molecule is CC(C)NCc1csc(N(C)C2CCSC2)n1. The van der Waals surface area contributed by atoms with Crippen LogP contribution in [0.3, 0.4) is 0 Å². The van der Waals surface area contributed by atoms with Gasteiger partial charge in [-0.3, -0.25) is 0 Å². The number of thiazole rings is 1. The third-order valence-corrected chi connectivity index (χ3v) is 5.11. The van der Waals surface area contributed by atoms with Crippen LogP contribution < -0.4 is 10.2 Å². The standard InChI is InChI=1S/C12H21N3S2/c1-9(2)13-6-10-7-17-12(14-10)15(3)11-4-5-16-8-11/h7,9,11,13H,4-6,8H2,1-3H3. The summed E-state index contributed by atoms with van der Waals surface area (Å²) in [5, 5.41) is 6.74. The van der Waals surface area contributed by atoms with E-state index in [0.29, 0.717) is 12.1 Å². The third kappa shape index (κ3) is 3.60. The van der Waals surface area contributed by atoms with Gasteiger partial charge in [0.1, 0.15) is 0 Å². The van der Waals surface area contributed by atoms with Crippen molar-refractivity contribution in [3.8, 4) is 0 Å². The normalized spacial score (nSPS) is 20.1. The Kier molecular flexibility index (Phi) is 4.70. The number of hydrogen-bond donors (Lipinski definition) is 1. The molecule has 1 fully saturated rings. The van der Waals surface area contributed by atoms with E-state index in [1.54, 1.807) is 11.3 Å². The molecule has 0 aromatic carbocycles. The van der Waals surface area contributed by atoms with Crippen molar-refractivity contribution in [1.29, 1.82) is 0 Å². The molecule has 5 heteroatoms. The second-order valence-corrected chi connectivity index (χ2v) is 6.77. The lowest BCUT2D eigenvalue weighted by Gasteiger charge is -2.22. The maximum atomic E-state index is 4.70. The topological polar surface area (TPSA) is 28.2 Å². The Labute approximate surface area is 112 Å². The van der Waals surface area contributed by atoms with Crippen molar-refractivity contribution < 1.29 is 0 Å². The molecule has 2 heterocycles. The minimum atomic E-state index is 0.518. The predicted octanol–water partition coefficient (Wildman–Crippen LogP) is 2.58. The van der Waals surface area contributed by atoms with Gasteiger partial charge in [0.15, 0.2) is 5.13 Å². The molecular formula is C12H21N3S2. The van der Waals surface area contributed by atoms with E-state index in [4.69, 9.17) is 4.98 Å². The first-order chi connectivity index (χ1) is 8.16. The first kappa shape index (κ1) is 13.2. The van der Waals surface area contributed by atoms with Crippen LogP contribution in [0.2, 0.25) is 0 Å². The van der Waals surface area contributed by atoms with Crippen LogP contribution in [-0.4, -0.2) is 35.6 Å². The molecule has 0 aliphatic carbocycles. The van der Waals surface area contributed by atoms with Crippen molar-refractivity contribution in [3.63, 3.8) is 0 Å². The van der Waals surface area contributed by atoms with Crippen molar-refractivity contribution in [2.45, 2.75) is 38.9 Å². The second-order valence-electron chi connectivity index (χ2n) is 4.79. The number of nitrogens with zero attached hydrogens (tertiary/aromatic N) is 2. The van der Waals surface area contributed by atoms with Gasteiger partial charge in [0.2, 0.25) is 0 Å². The lowest BCUT2D eigenvalue weighted by Crippen LogP contribution is -2.31. The van der Waals surface area contributed by atoms with Crippen molar-refractivity contribution in [1.82, 2.24) is 10.3 Å². The van der Waals surface area contributed by atoms with Crippen LogP contribution in [0.15, 0.2) is 5.38 Å². The summed E-state index contributed by atoms with van der Waals surface area (Å²) in [7, 11) is 2.18. The number of anilines is 1. The van der Waals surface area contributed by atoms with Crippen LogP contribution in [0.4, 0.5) is 5.13 Å². The maximum absolute atomic E-state index is 4.70. The summed E-state index contributed by atoms with van der Waals surface area (Å²) in [5.74, 6) is 2.54. The highest BCUT2D eigenvalue weighted by Crippen LogP contribution is 2.28. The lowest BCUT2D eigenvalue weighted by molar-refractivity contribution is 0.582. The van der Waals surface area contributed by atoms with E-state index < -0.39 is 0 Å². The van der Waals surface area contributed by atoms with Crippen LogP contribution in [0.25, 0.3) is 0 Å². The van der Waals surface area contributed by atoms with Gasteiger partial charge in [-0.15, -0.1) is 11.3 Å². The summed E-state index contributed by atoms with van der Waals surface area (Å²) in [6.45, 7) is 5.20. The lowest BCUT2D eigenvalue weighted by atomic mass is 10.2. The van der Waals surface area contributed by atoms with Gasteiger partial charge in [-0.2, -0.15) is 11.8 Å². The number of thioether (sulfide) groups is 1. The maximum Gasteiger partial charge on any atom is 0.185 e. The first-order valence-corrected chi connectivity index (χ1v) is 8.18. The average Bonchev–Trinajstić information content (AvgIpc) is 2.97. The molecule has 17 heavy (non-hydrogen) atoms. The molecule has 1 atom stereocenters. The zero-order valence-electron chi connectivity index (χ0n) is 10.8. The van der Waals surface area contributed by atoms with Crippen LogP contribution in [0.1, 0.15) is 26.0 Å². The van der Waals surface area contributed by atoms with Crippen LogP contribution in [-0.2, 0) is 6.54 Å². The summed E-state index contributed by atoms with van der Waals surface area (Å²) < 4.78 is 0. The van der Waals surface area contributed by atoms with Crippen LogP contribution in [0.5, 0.6) is 0 Å². The minimum Gasteiger partial charge on any atom is -0.347 e.